The highest BCUT2D eigenvalue weighted by molar-refractivity contribution is 5.83. The average molecular weight is 1860 g/mol. The van der Waals surface area contributed by atoms with Crippen molar-refractivity contribution in [2.75, 3.05) is 27.2 Å². The Balaban J connectivity index is 0.000000109. The van der Waals surface area contributed by atoms with Crippen molar-refractivity contribution < 1.29 is 87.9 Å². The van der Waals surface area contributed by atoms with Crippen molar-refractivity contribution in [3.63, 3.8) is 0 Å². The molecule has 3 aliphatic heterocycles. The summed E-state index contributed by atoms with van der Waals surface area (Å²) in [4.78, 5) is 30.8. The molecule has 11 N–H and O–H groups in total. The first-order chi connectivity index (χ1) is 65.7. The molecule has 0 amide bonds. The number of ether oxygens (including phenoxy) is 5. The van der Waals surface area contributed by atoms with Crippen LogP contribution >= 0.6 is 0 Å². The predicted octanol–water partition coefficient (Wildman–Crippen LogP) is 11.7. The minimum atomic E-state index is -1.28. The van der Waals surface area contributed by atoms with Crippen molar-refractivity contribution in [3.05, 3.63) is 293 Å². The van der Waals surface area contributed by atoms with Crippen molar-refractivity contribution in [1.82, 2.24) is 67.9 Å². The van der Waals surface area contributed by atoms with E-state index in [1.165, 1.54) is 64.5 Å². The third-order valence-electron chi connectivity index (χ3n) is 28.6. The molecular formula is C104H113F3N14O15. The average Bonchev–Trinajstić information content (AvgIpc) is 1.63. The van der Waals surface area contributed by atoms with E-state index in [1.807, 2.05) is 162 Å². The molecule has 5 fully saturated rings. The Kier molecular flexibility index (Phi) is 26.7. The van der Waals surface area contributed by atoms with Gasteiger partial charge in [0.15, 0.2) is 17.4 Å². The number of para-hydroxylation sites is 1. The molecule has 0 unspecified atom stereocenters. The Hall–Kier alpha value is -12.3. The van der Waals surface area contributed by atoms with Crippen LogP contribution < -0.4 is 29.0 Å². The van der Waals surface area contributed by atoms with Crippen LogP contribution in [0.25, 0.3) is 55.2 Å². The molecule has 0 spiro atoms. The van der Waals surface area contributed by atoms with Crippen molar-refractivity contribution >= 4 is 55.2 Å². The van der Waals surface area contributed by atoms with Crippen LogP contribution in [-0.2, 0) is 39.0 Å². The normalized spacial score (nSPS) is 26.8. The molecule has 136 heavy (non-hydrogen) atoms. The first-order valence-corrected chi connectivity index (χ1v) is 46.4. The summed E-state index contributed by atoms with van der Waals surface area (Å²) in [7, 11) is 4.19. The van der Waals surface area contributed by atoms with Gasteiger partial charge in [-0.2, -0.15) is 0 Å². The highest BCUT2D eigenvalue weighted by Crippen LogP contribution is 2.45. The number of nitrogens with zero attached hydrogens (tertiary/aromatic N) is 13. The van der Waals surface area contributed by atoms with Crippen LogP contribution in [0.4, 0.5) is 13.2 Å². The quantitative estimate of drug-likeness (QED) is 0.0454. The lowest BCUT2D eigenvalue weighted by Gasteiger charge is -2.28. The van der Waals surface area contributed by atoms with Gasteiger partial charge in [0.05, 0.1) is 35.9 Å². The molecule has 0 saturated heterocycles. The molecule has 29 nitrogen and oxygen atoms in total. The maximum Gasteiger partial charge on any atom is 0.191 e. The van der Waals surface area contributed by atoms with Gasteiger partial charge >= 0.3 is 0 Å². The Bertz CT molecular complexity index is 6790. The Morgan fingerprint density at radius 2 is 0.676 bits per heavy atom. The van der Waals surface area contributed by atoms with E-state index in [9.17, 15) is 64.2 Å². The van der Waals surface area contributed by atoms with Gasteiger partial charge < -0.3 is 108 Å². The number of aromatic nitrogens is 11. The summed E-state index contributed by atoms with van der Waals surface area (Å²) in [6.07, 6.45) is 9.23. The molecule has 5 aromatic carbocycles. The molecule has 8 aliphatic rings. The standard InChI is InChI=1S/C23H27N3O3.2C22H25N3O3.C19H18F2N2O3.C18H18FN3O3/c1-14-6-9-24-23-16(14)8-11-26(23)18-12-20(22(28)21(18)27)29-19-5-3-4-15-7-10-25(2)13-17(15)19;1-13-6-8-23-22-15(13)7-9-25(22)17-10-19(21(27)20(17)26)28-18-5-3-4-14-11-24(2)12-16(14)18;1-13-5-9-24-22-15(13)7-10-25(22)17-11-19(21(27)20(17)26)28-18-4-2-3-14-6-8-23-12-16(14)18;1-10-5-7-22-19-11(10)6-8-23(19)14-9-15(17(25)16(14)24)26-18-12(20)3-2-4-13(18)21;1-10-13-6-7-22(18(13)21-9-20-10)14-8-15(17(24)16(14)23)25-12-4-2-11(19)3-5-12/h3-6,8-9,11,18,20-22,27-28H,7,10,12-13H2,1-2H3;3-9,17,19-21,26-27H,10-12H2,1-2H3;2-5,7,9-10,17,19-21,23,26-27H,6,8,11-12H2,1H3;2-8,14-17,24-25H,9H2,1H3;2-7,9,14-17,23-24H,8H2,1H3/t18-,20+,21+,22-;2*17-,19+,20+,21-;2*14-,15+,16+,17-/m11111/s1. The Labute approximate surface area is 782 Å². The molecule has 32 heteroatoms. The van der Waals surface area contributed by atoms with Crippen LogP contribution in [0.15, 0.2) is 214 Å². The summed E-state index contributed by atoms with van der Waals surface area (Å²) in [6, 6.07) is 43.3. The molecule has 20 atom stereocenters. The second-order valence-corrected chi connectivity index (χ2v) is 37.2. The van der Waals surface area contributed by atoms with E-state index in [0.717, 1.165) is 159 Å². The minimum Gasteiger partial charge on any atom is -0.488 e. The number of aliphatic hydroxyl groups is 10. The van der Waals surface area contributed by atoms with Gasteiger partial charge in [0.2, 0.25) is 0 Å². The van der Waals surface area contributed by atoms with Crippen molar-refractivity contribution in [3.8, 4) is 28.7 Å². The predicted molar refractivity (Wildman–Crippen MR) is 503 cm³/mol. The number of benzene rings is 5. The third kappa shape index (κ3) is 18.1. The largest absolute Gasteiger partial charge is 0.488 e. The van der Waals surface area contributed by atoms with Gasteiger partial charge in [0, 0.05) is 164 Å². The number of aliphatic hydroxyl groups excluding tert-OH is 10. The van der Waals surface area contributed by atoms with Gasteiger partial charge in [0.25, 0.3) is 0 Å². The second-order valence-electron chi connectivity index (χ2n) is 37.2. The van der Waals surface area contributed by atoms with E-state index < -0.39 is 115 Å². The van der Waals surface area contributed by atoms with Gasteiger partial charge in [-0.05, 0) is 216 Å². The van der Waals surface area contributed by atoms with E-state index in [4.69, 9.17) is 23.7 Å². The van der Waals surface area contributed by atoms with E-state index >= 15 is 0 Å². The van der Waals surface area contributed by atoms with Crippen LogP contribution in [0.5, 0.6) is 28.7 Å². The summed E-state index contributed by atoms with van der Waals surface area (Å²) in [5.41, 5.74) is 16.6. The molecule has 710 valence electrons. The summed E-state index contributed by atoms with van der Waals surface area (Å²) < 4.78 is 80.1. The van der Waals surface area contributed by atoms with Gasteiger partial charge in [-0.3, -0.25) is 4.90 Å². The van der Waals surface area contributed by atoms with Crippen molar-refractivity contribution in [2.24, 2.45) is 0 Å². The molecular weight excluding hydrogens is 1740 g/mol. The van der Waals surface area contributed by atoms with E-state index in [-0.39, 0.29) is 36.4 Å². The fraction of sp³-hybridized carbons (Fsp3) is 0.385. The van der Waals surface area contributed by atoms with E-state index in [1.54, 1.807) is 35.6 Å². The monoisotopic (exact) mass is 1850 g/mol. The Morgan fingerprint density at radius 1 is 0.331 bits per heavy atom. The highest BCUT2D eigenvalue weighted by Gasteiger charge is 2.50. The molecule has 5 saturated carbocycles. The summed E-state index contributed by atoms with van der Waals surface area (Å²) in [6.45, 7) is 15.4. The molecule has 0 radical (unpaired) electrons. The number of halogens is 3. The SMILES string of the molecule is Cc1ccnc2c1ccn2[C@@H]1C[C@H](Oc2c(F)cccc2F)[C@@H](O)[C@H]1O.Cc1ccnc2c1ccn2[C@@H]1C[C@H](Oc2cccc3c2CN(C)C3)[C@@H](O)[C@H]1O.Cc1ccnc2c1ccn2[C@@H]1C[C@H](Oc2cccc3c2CN(C)CC3)[C@@H](O)[C@H]1O.Cc1ccnc2c1ccn2[C@@H]1C[C@H](Oc2cccc3c2CNCC3)[C@@H](O)[C@H]1O.Cc1ncnc2c1ccn2[C@@H]1C[C@H](Oc2ccc(F)cc2)[C@@H](O)[C@H]1O. The zero-order valence-electron chi connectivity index (χ0n) is 76.4. The van der Waals surface area contributed by atoms with Crippen LogP contribution in [0.3, 0.4) is 0 Å². The number of hydrogen-bond acceptors (Lipinski definition) is 24. The number of hydrogen-bond donors (Lipinski definition) is 11. The topological polar surface area (TPSA) is 369 Å². The van der Waals surface area contributed by atoms with Crippen LogP contribution in [0.2, 0.25) is 0 Å². The third-order valence-corrected chi connectivity index (χ3v) is 28.6. The van der Waals surface area contributed by atoms with Crippen molar-refractivity contribution in [1.29, 1.82) is 0 Å². The summed E-state index contributed by atoms with van der Waals surface area (Å²) in [5, 5.41) is 115. The maximum absolute atomic E-state index is 13.8. The summed E-state index contributed by atoms with van der Waals surface area (Å²) in [5.74, 6) is 0.281. The van der Waals surface area contributed by atoms with Crippen LogP contribution in [-0.4, -0.2) is 232 Å². The lowest BCUT2D eigenvalue weighted by atomic mass is 9.99. The number of nitrogens with one attached hydrogen (secondary N) is 1. The van der Waals surface area contributed by atoms with Gasteiger partial charge in [-0.15, -0.1) is 0 Å². The van der Waals surface area contributed by atoms with Crippen LogP contribution in [0.1, 0.15) is 124 Å². The maximum atomic E-state index is 13.8. The number of pyridine rings is 4. The lowest BCUT2D eigenvalue weighted by Crippen LogP contribution is -2.35. The van der Waals surface area contributed by atoms with E-state index in [2.05, 4.69) is 84.2 Å². The number of rotatable bonds is 15. The van der Waals surface area contributed by atoms with Gasteiger partial charge in [-0.25, -0.2) is 43.1 Å². The van der Waals surface area contributed by atoms with Crippen molar-refractivity contribution in [2.45, 2.75) is 228 Å². The fourth-order valence-corrected chi connectivity index (χ4v) is 21.0. The van der Waals surface area contributed by atoms with Gasteiger partial charge in [-0.1, -0.05) is 42.5 Å². The fourth-order valence-electron chi connectivity index (χ4n) is 21.0. The number of fused-ring (bicyclic) bond motifs is 8. The molecule has 23 rings (SSSR count). The Morgan fingerprint density at radius 3 is 1.10 bits per heavy atom. The minimum absolute atomic E-state index is 0.190. The zero-order chi connectivity index (χ0) is 94.8. The highest BCUT2D eigenvalue weighted by atomic mass is 19.1. The molecule has 0 bridgehead atoms. The molecule has 15 aromatic rings. The molecule has 5 aliphatic carbocycles. The first-order valence-electron chi connectivity index (χ1n) is 46.4. The smallest absolute Gasteiger partial charge is 0.191 e. The number of likely N-dealkylation sites (N-methyl/N-ethyl adjacent to an activating group) is 1. The summed E-state index contributed by atoms with van der Waals surface area (Å²) >= 11 is 0. The second kappa shape index (κ2) is 39.1. The van der Waals surface area contributed by atoms with Gasteiger partial charge in [0.1, 0.15) is 155 Å². The lowest BCUT2D eigenvalue weighted by molar-refractivity contribution is -0.0181. The zero-order valence-corrected chi connectivity index (χ0v) is 76.4. The molecule has 13 heterocycles. The first kappa shape index (κ1) is 92.8. The molecule has 10 aromatic heterocycles. The van der Waals surface area contributed by atoms with E-state index in [0.29, 0.717) is 42.7 Å². The van der Waals surface area contributed by atoms with Crippen LogP contribution in [0, 0.1) is 52.1 Å². The number of aryl methyl sites for hydroxylation is 5.